The van der Waals surface area contributed by atoms with E-state index in [0.29, 0.717) is 30.2 Å². The number of ether oxygens (including phenoxy) is 2. The first kappa shape index (κ1) is 19.3. The third-order valence-electron chi connectivity index (χ3n) is 5.58. The highest BCUT2D eigenvalue weighted by Gasteiger charge is 2.27. The molecule has 0 aromatic heterocycles. The standard InChI is InChI=1S/C24H26N2O3/c1-28-21-11-6-12-22(29-2)23(21)24(27)26-15-13-25(14-16-26)17-19-9-5-8-18-7-3-4-10-20(18)19/h3-12H,13-17H2,1-2H3. The Hall–Kier alpha value is -3.05. The van der Waals surface area contributed by atoms with Crippen molar-refractivity contribution in [1.29, 1.82) is 0 Å². The van der Waals surface area contributed by atoms with E-state index in [1.807, 2.05) is 11.0 Å². The van der Waals surface area contributed by atoms with Crippen molar-refractivity contribution < 1.29 is 14.3 Å². The summed E-state index contributed by atoms with van der Waals surface area (Å²) >= 11 is 0. The number of fused-ring (bicyclic) bond motifs is 1. The highest BCUT2D eigenvalue weighted by molar-refractivity contribution is 5.99. The topological polar surface area (TPSA) is 42.0 Å². The molecule has 0 unspecified atom stereocenters. The zero-order valence-electron chi connectivity index (χ0n) is 16.9. The Morgan fingerprint density at radius 1 is 0.828 bits per heavy atom. The number of hydrogen-bond donors (Lipinski definition) is 0. The van der Waals surface area contributed by atoms with Crippen LogP contribution in [0.2, 0.25) is 0 Å². The van der Waals surface area contributed by atoms with Crippen molar-refractivity contribution in [2.24, 2.45) is 0 Å². The van der Waals surface area contributed by atoms with Gasteiger partial charge in [0.15, 0.2) is 0 Å². The van der Waals surface area contributed by atoms with Gasteiger partial charge in [-0.2, -0.15) is 0 Å². The van der Waals surface area contributed by atoms with Crippen LogP contribution in [0, 0.1) is 0 Å². The highest BCUT2D eigenvalue weighted by atomic mass is 16.5. The fourth-order valence-electron chi connectivity index (χ4n) is 4.00. The van der Waals surface area contributed by atoms with Crippen molar-refractivity contribution in [2.45, 2.75) is 6.54 Å². The van der Waals surface area contributed by atoms with Crippen LogP contribution in [0.3, 0.4) is 0 Å². The van der Waals surface area contributed by atoms with Crippen LogP contribution < -0.4 is 9.47 Å². The summed E-state index contributed by atoms with van der Waals surface area (Å²) in [6, 6.07) is 20.4. The van der Waals surface area contributed by atoms with Crippen LogP contribution in [-0.4, -0.2) is 56.1 Å². The van der Waals surface area contributed by atoms with Gasteiger partial charge in [0.1, 0.15) is 17.1 Å². The van der Waals surface area contributed by atoms with Crippen molar-refractivity contribution >= 4 is 16.7 Å². The maximum atomic E-state index is 13.1. The average Bonchev–Trinajstić information content (AvgIpc) is 2.78. The van der Waals surface area contributed by atoms with Crippen molar-refractivity contribution in [1.82, 2.24) is 9.80 Å². The zero-order valence-corrected chi connectivity index (χ0v) is 16.9. The number of nitrogens with zero attached hydrogens (tertiary/aromatic N) is 2. The minimum atomic E-state index is -0.0379. The van der Waals surface area contributed by atoms with Crippen molar-refractivity contribution in [3.8, 4) is 11.5 Å². The molecule has 150 valence electrons. The maximum Gasteiger partial charge on any atom is 0.261 e. The summed E-state index contributed by atoms with van der Waals surface area (Å²) in [5.74, 6) is 1.06. The summed E-state index contributed by atoms with van der Waals surface area (Å²) in [6.07, 6.45) is 0. The summed E-state index contributed by atoms with van der Waals surface area (Å²) < 4.78 is 10.8. The second-order valence-electron chi connectivity index (χ2n) is 7.24. The van der Waals surface area contributed by atoms with Gasteiger partial charge in [0.25, 0.3) is 5.91 Å². The van der Waals surface area contributed by atoms with Gasteiger partial charge in [-0.15, -0.1) is 0 Å². The molecule has 0 saturated carbocycles. The normalized spacial score (nSPS) is 14.8. The molecule has 1 aliphatic heterocycles. The largest absolute Gasteiger partial charge is 0.496 e. The molecule has 5 nitrogen and oxygen atoms in total. The third-order valence-corrected chi connectivity index (χ3v) is 5.58. The van der Waals surface area contributed by atoms with E-state index in [0.717, 1.165) is 19.6 Å². The smallest absolute Gasteiger partial charge is 0.261 e. The Labute approximate surface area is 171 Å². The van der Waals surface area contributed by atoms with E-state index in [2.05, 4.69) is 47.4 Å². The molecule has 1 saturated heterocycles. The van der Waals surface area contributed by atoms with Crippen LogP contribution in [0.5, 0.6) is 11.5 Å². The number of rotatable bonds is 5. The van der Waals surface area contributed by atoms with Crippen LogP contribution in [0.25, 0.3) is 10.8 Å². The molecule has 0 radical (unpaired) electrons. The van der Waals surface area contributed by atoms with E-state index in [1.165, 1.54) is 16.3 Å². The van der Waals surface area contributed by atoms with E-state index in [9.17, 15) is 4.79 Å². The van der Waals surface area contributed by atoms with Crippen LogP contribution in [-0.2, 0) is 6.54 Å². The summed E-state index contributed by atoms with van der Waals surface area (Å²) in [5.41, 5.74) is 1.83. The second-order valence-corrected chi connectivity index (χ2v) is 7.24. The number of carbonyl (C=O) groups is 1. The third kappa shape index (κ3) is 3.91. The Kier molecular flexibility index (Phi) is 5.67. The molecule has 1 heterocycles. The van der Waals surface area contributed by atoms with Gasteiger partial charge in [-0.05, 0) is 28.5 Å². The minimum Gasteiger partial charge on any atom is -0.496 e. The van der Waals surface area contributed by atoms with E-state index < -0.39 is 0 Å². The number of benzene rings is 3. The van der Waals surface area contributed by atoms with Gasteiger partial charge in [0, 0.05) is 32.7 Å². The predicted octanol–water partition coefficient (Wildman–Crippen LogP) is 3.82. The van der Waals surface area contributed by atoms with Gasteiger partial charge >= 0.3 is 0 Å². The lowest BCUT2D eigenvalue weighted by Gasteiger charge is -2.35. The molecule has 3 aromatic carbocycles. The molecule has 0 atom stereocenters. The fraction of sp³-hybridized carbons (Fsp3) is 0.292. The molecule has 0 spiro atoms. The van der Waals surface area contributed by atoms with E-state index >= 15 is 0 Å². The van der Waals surface area contributed by atoms with E-state index in [4.69, 9.17) is 9.47 Å². The number of amides is 1. The van der Waals surface area contributed by atoms with E-state index in [1.54, 1.807) is 26.4 Å². The number of carbonyl (C=O) groups excluding carboxylic acids is 1. The Bertz CT molecular complexity index is 982. The summed E-state index contributed by atoms with van der Waals surface area (Å²) in [5, 5.41) is 2.56. The first-order chi connectivity index (χ1) is 14.2. The SMILES string of the molecule is COc1cccc(OC)c1C(=O)N1CCN(Cc2cccc3ccccc23)CC1. The summed E-state index contributed by atoms with van der Waals surface area (Å²) in [4.78, 5) is 17.4. The van der Waals surface area contributed by atoms with Crippen LogP contribution in [0.15, 0.2) is 60.7 Å². The Morgan fingerprint density at radius 2 is 1.45 bits per heavy atom. The fourth-order valence-corrected chi connectivity index (χ4v) is 4.00. The number of hydrogen-bond acceptors (Lipinski definition) is 4. The zero-order chi connectivity index (χ0) is 20.2. The first-order valence-electron chi connectivity index (χ1n) is 9.90. The molecule has 1 fully saturated rings. The Morgan fingerprint density at radius 3 is 2.14 bits per heavy atom. The number of piperazine rings is 1. The van der Waals surface area contributed by atoms with Gasteiger partial charge in [-0.3, -0.25) is 9.69 Å². The highest BCUT2D eigenvalue weighted by Crippen LogP contribution is 2.30. The second kappa shape index (κ2) is 8.53. The first-order valence-corrected chi connectivity index (χ1v) is 9.90. The molecule has 29 heavy (non-hydrogen) atoms. The predicted molar refractivity (Wildman–Crippen MR) is 115 cm³/mol. The molecule has 1 aliphatic rings. The van der Waals surface area contributed by atoms with Crippen molar-refractivity contribution in [2.75, 3.05) is 40.4 Å². The average molecular weight is 390 g/mol. The van der Waals surface area contributed by atoms with E-state index in [-0.39, 0.29) is 5.91 Å². The molecule has 3 aromatic rings. The van der Waals surface area contributed by atoms with Crippen molar-refractivity contribution in [3.63, 3.8) is 0 Å². The van der Waals surface area contributed by atoms with Gasteiger partial charge in [-0.1, -0.05) is 48.5 Å². The lowest BCUT2D eigenvalue weighted by atomic mass is 10.0. The van der Waals surface area contributed by atoms with Crippen molar-refractivity contribution in [3.05, 3.63) is 71.8 Å². The molecule has 4 rings (SSSR count). The molecular weight excluding hydrogens is 364 g/mol. The molecule has 5 heteroatoms. The molecule has 1 amide bonds. The van der Waals surface area contributed by atoms with Crippen LogP contribution >= 0.6 is 0 Å². The Balaban J connectivity index is 1.45. The summed E-state index contributed by atoms with van der Waals surface area (Å²) in [6.45, 7) is 3.94. The lowest BCUT2D eigenvalue weighted by Crippen LogP contribution is -2.48. The van der Waals surface area contributed by atoms with Gasteiger partial charge in [0.05, 0.1) is 14.2 Å². The van der Waals surface area contributed by atoms with Crippen LogP contribution in [0.4, 0.5) is 0 Å². The monoisotopic (exact) mass is 390 g/mol. The van der Waals surface area contributed by atoms with Gasteiger partial charge in [0.2, 0.25) is 0 Å². The minimum absolute atomic E-state index is 0.0379. The molecule has 0 aliphatic carbocycles. The molecular formula is C24H26N2O3. The van der Waals surface area contributed by atoms with Gasteiger partial charge < -0.3 is 14.4 Å². The lowest BCUT2D eigenvalue weighted by molar-refractivity contribution is 0.0622. The van der Waals surface area contributed by atoms with Gasteiger partial charge in [-0.25, -0.2) is 0 Å². The number of methoxy groups -OCH3 is 2. The van der Waals surface area contributed by atoms with Crippen LogP contribution in [0.1, 0.15) is 15.9 Å². The maximum absolute atomic E-state index is 13.1. The molecule has 0 N–H and O–H groups in total. The summed E-state index contributed by atoms with van der Waals surface area (Å²) in [7, 11) is 3.15. The molecule has 0 bridgehead atoms. The quantitative estimate of drug-likeness (QED) is 0.664.